The zero-order valence-corrected chi connectivity index (χ0v) is 86.4. The molecule has 766 valence electrons. The molecule has 4 unspecified atom stereocenters. The summed E-state index contributed by atoms with van der Waals surface area (Å²) in [6.07, 6.45) is 12.4. The summed E-state index contributed by atoms with van der Waals surface area (Å²) in [6.45, 7) is 37.6. The van der Waals surface area contributed by atoms with Gasteiger partial charge in [0.1, 0.15) is 18.4 Å². The number of carboxylic acid groups (broad SMARTS) is 3. The lowest BCUT2D eigenvalue weighted by molar-refractivity contribution is -0.940. The van der Waals surface area contributed by atoms with E-state index in [9.17, 15) is 33.6 Å². The molecule has 11 aliphatic rings. The highest BCUT2D eigenvalue weighted by molar-refractivity contribution is 6.18. The number of nitrogens with zero attached hydrogens (tertiary/aromatic N) is 9. The largest absolute Gasteiger partial charge is 1.00 e. The van der Waals surface area contributed by atoms with Gasteiger partial charge in [0.15, 0.2) is 5.78 Å². The third-order valence-electron chi connectivity index (χ3n) is 28.9. The van der Waals surface area contributed by atoms with Crippen LogP contribution >= 0.6 is 48.8 Å². The van der Waals surface area contributed by atoms with Gasteiger partial charge in [0.2, 0.25) is 5.91 Å². The average Bonchev–Trinajstić information content (AvgIpc) is 1.62. The first-order chi connectivity index (χ1) is 64.4. The monoisotopic (exact) mass is 2010 g/mol. The lowest BCUT2D eigenvalue weighted by Crippen LogP contribution is -3.00. The molecule has 23 nitrogen and oxygen atoms in total. The number of benzene rings is 7. The molecule has 0 spiro atoms. The smallest absolute Gasteiger partial charge is 0.331 e. The van der Waals surface area contributed by atoms with Crippen LogP contribution in [0, 0.1) is 58.7 Å². The van der Waals surface area contributed by atoms with E-state index in [4.69, 9.17) is 53.5 Å². The highest BCUT2D eigenvalue weighted by Crippen LogP contribution is 2.41. The van der Waals surface area contributed by atoms with E-state index < -0.39 is 30.2 Å². The number of aliphatic hydroxyl groups excluding tert-OH is 1. The van der Waals surface area contributed by atoms with Crippen LogP contribution in [-0.4, -0.2) is 244 Å². The summed E-state index contributed by atoms with van der Waals surface area (Å²) in [5, 5.41) is 42.8. The molecular formula is C111H160Cl5N11O12. The second-order valence-electron chi connectivity index (χ2n) is 38.8. The molecule has 11 saturated heterocycles. The number of aliphatic carboxylic acids is 3. The minimum absolute atomic E-state index is 0. The molecule has 6 bridgehead atoms. The quantitative estimate of drug-likeness (QED) is 0.0159. The van der Waals surface area contributed by atoms with Crippen molar-refractivity contribution in [3.8, 4) is 6.07 Å². The number of hydrogen-bond donors (Lipinski definition) is 6. The molecule has 1 amide bonds. The fraction of sp³-hybridized carbons (Fsp3) is 0.532. The Bertz CT molecular complexity index is 4650. The van der Waals surface area contributed by atoms with E-state index in [0.717, 1.165) is 120 Å². The van der Waals surface area contributed by atoms with Gasteiger partial charge in [0.25, 0.3) is 0 Å². The first-order valence-corrected chi connectivity index (χ1v) is 49.4. The SMILES string of the molecule is C.C=C(CC(=O)O)C(=O)O.COC(=O)C[C@H]1CCN([C@@H](C)c2ccccc2)C1.C[C@@H](c1ccccc1)N1CC[C@H](CC#N)C1.C[C@@H](c1ccccc1)N1CC[C@H](CCl)C1.C[C@@H](c1ccccc1)N1CC[C@H](CO)C1.C[C@@H](c1ccccc1)N1C[C@@H](C(=O)O)CC1=O.C[C@@H](c1ccccc1)[N+]12CC[C@H](CC(=O)C1)C2.C[C@H](N)c1ccccc1.Cl.Cl.Cl.NC1C[C@H]2CCN(C1)C2.O=C1C[C@H]2CCN(C1)C2.[Cl-]. The van der Waals surface area contributed by atoms with Gasteiger partial charge >= 0.3 is 23.9 Å². The fourth-order valence-corrected chi connectivity index (χ4v) is 20.8. The molecule has 11 fully saturated rings. The predicted octanol–water partition coefficient (Wildman–Crippen LogP) is 16.3. The number of carboxylic acids is 3. The van der Waals surface area contributed by atoms with Crippen LogP contribution in [0.1, 0.15) is 227 Å². The third-order valence-corrected chi connectivity index (χ3v) is 29.3. The number of esters is 1. The topological polar surface area (TPSA) is 308 Å². The molecule has 18 rings (SSSR count). The van der Waals surface area contributed by atoms with E-state index in [1.54, 1.807) is 4.90 Å². The number of ether oxygens (including phenoxy) is 1. The molecule has 0 aromatic heterocycles. The van der Waals surface area contributed by atoms with Crippen molar-refractivity contribution in [2.24, 2.45) is 58.8 Å². The van der Waals surface area contributed by atoms with Gasteiger partial charge in [-0.2, -0.15) is 5.26 Å². The van der Waals surface area contributed by atoms with E-state index in [2.05, 4.69) is 222 Å². The van der Waals surface area contributed by atoms with Crippen molar-refractivity contribution in [2.75, 3.05) is 137 Å². The van der Waals surface area contributed by atoms with Crippen molar-refractivity contribution in [2.45, 2.75) is 194 Å². The Morgan fingerprint density at radius 2 is 0.892 bits per heavy atom. The van der Waals surface area contributed by atoms with Crippen molar-refractivity contribution >= 4 is 90.2 Å². The molecule has 19 atom stereocenters. The number of amides is 1. The molecule has 139 heavy (non-hydrogen) atoms. The number of aliphatic hydroxyl groups is 1. The second-order valence-corrected chi connectivity index (χ2v) is 39.1. The van der Waals surface area contributed by atoms with E-state index in [1.165, 1.54) is 118 Å². The summed E-state index contributed by atoms with van der Waals surface area (Å²) in [5.41, 5.74) is 20.2. The summed E-state index contributed by atoms with van der Waals surface area (Å²) >= 11 is 5.90. The van der Waals surface area contributed by atoms with Crippen molar-refractivity contribution in [3.63, 3.8) is 0 Å². The van der Waals surface area contributed by atoms with Gasteiger partial charge in [-0.3, -0.25) is 53.3 Å². The van der Waals surface area contributed by atoms with Gasteiger partial charge in [-0.05, 0) is 202 Å². The van der Waals surface area contributed by atoms with Gasteiger partial charge in [-0.1, -0.05) is 226 Å². The maximum atomic E-state index is 11.8. The molecule has 7 aromatic rings. The number of hydrogen-bond acceptors (Lipinski definition) is 18. The van der Waals surface area contributed by atoms with Crippen molar-refractivity contribution in [1.29, 1.82) is 5.26 Å². The molecule has 0 saturated carbocycles. The van der Waals surface area contributed by atoms with E-state index in [0.29, 0.717) is 109 Å². The van der Waals surface area contributed by atoms with Gasteiger partial charge in [-0.25, -0.2) is 4.79 Å². The Morgan fingerprint density at radius 3 is 1.27 bits per heavy atom. The number of alkyl halides is 1. The number of methoxy groups -OCH3 is 1. The molecule has 0 aliphatic carbocycles. The third kappa shape index (κ3) is 40.3. The molecule has 28 heteroatoms. The Kier molecular flexibility index (Phi) is 56.7. The molecule has 11 heterocycles. The number of quaternary nitrogens is 1. The number of likely N-dealkylation sites (tertiary alicyclic amines) is 5. The van der Waals surface area contributed by atoms with Gasteiger partial charge in [0.05, 0.1) is 51.2 Å². The molecule has 8 N–H and O–H groups in total. The number of ketones is 2. The number of carbonyl (C=O) groups is 7. The van der Waals surface area contributed by atoms with E-state index in [-0.39, 0.29) is 93.0 Å². The van der Waals surface area contributed by atoms with E-state index in [1.807, 2.05) is 80.6 Å². The summed E-state index contributed by atoms with van der Waals surface area (Å²) in [7, 11) is 1.46. The summed E-state index contributed by atoms with van der Waals surface area (Å²) in [6, 6.07) is 78.0. The van der Waals surface area contributed by atoms with Crippen LogP contribution in [0.25, 0.3) is 0 Å². The molecular weight excluding hydrogens is 1860 g/mol. The van der Waals surface area contributed by atoms with Crippen molar-refractivity contribution < 1.29 is 75.6 Å². The minimum atomic E-state index is -1.27. The number of carbonyl (C=O) groups excluding carboxylic acids is 4. The van der Waals surface area contributed by atoms with Gasteiger partial charge < -0.3 is 63.3 Å². The zero-order chi connectivity index (χ0) is 96.6. The first kappa shape index (κ1) is 123. The van der Waals surface area contributed by atoms with Gasteiger partial charge in [-0.15, -0.1) is 48.8 Å². The van der Waals surface area contributed by atoms with Crippen molar-refractivity contribution in [3.05, 3.63) is 263 Å². The minimum Gasteiger partial charge on any atom is -1.00 e. The van der Waals surface area contributed by atoms with Crippen LogP contribution in [-0.2, 0) is 38.3 Å². The maximum absolute atomic E-state index is 11.8. The summed E-state index contributed by atoms with van der Waals surface area (Å²) in [5.74, 6) is 2.18. The lowest BCUT2D eigenvalue weighted by Gasteiger charge is -2.42. The maximum Gasteiger partial charge on any atom is 0.331 e. The number of nitrogens with two attached hydrogens (primary N) is 2. The summed E-state index contributed by atoms with van der Waals surface area (Å²) < 4.78 is 5.74. The zero-order valence-electron chi connectivity index (χ0n) is 82.4. The first-order valence-electron chi connectivity index (χ1n) is 48.9. The Balaban J connectivity index is 0.000000324. The number of fused-ring (bicyclic) bond motifs is 6. The van der Waals surface area contributed by atoms with Crippen LogP contribution in [0.4, 0.5) is 0 Å². The van der Waals surface area contributed by atoms with Crippen molar-refractivity contribution in [1.82, 2.24) is 34.3 Å². The lowest BCUT2D eigenvalue weighted by atomic mass is 9.96. The van der Waals surface area contributed by atoms with Gasteiger partial charge in [0, 0.05) is 157 Å². The number of nitriles is 1. The number of Topliss-reactive ketones (excluding diaryl/α,β-unsaturated/α-hetero) is 2. The average molecular weight is 2020 g/mol. The predicted molar refractivity (Wildman–Crippen MR) is 560 cm³/mol. The summed E-state index contributed by atoms with van der Waals surface area (Å²) in [4.78, 5) is 92.6. The van der Waals surface area contributed by atoms with Crippen LogP contribution in [0.15, 0.2) is 224 Å². The normalized spacial score (nSPS) is 24.8. The highest BCUT2D eigenvalue weighted by atomic mass is 35.5. The Hall–Kier alpha value is -8.49. The second kappa shape index (κ2) is 64.2. The van der Waals surface area contributed by atoms with Crippen LogP contribution in [0.5, 0.6) is 0 Å². The number of rotatable bonds is 22. The molecule has 0 radical (unpaired) electrons. The van der Waals surface area contributed by atoms with E-state index >= 15 is 0 Å². The van der Waals surface area contributed by atoms with Crippen LogP contribution < -0.4 is 23.9 Å². The number of piperidine rings is 3. The molecule has 11 aliphatic heterocycles. The van der Waals surface area contributed by atoms with Crippen LogP contribution in [0.3, 0.4) is 0 Å². The Morgan fingerprint density at radius 1 is 0.496 bits per heavy atom. The standard InChI is InChI=1S/C15H21NO2.C15H20NO.C14H18N2.C13H18ClN.C13H15NO3.C13H19NO.C8H11N.C7H14N2.C7H11NO.C5H6O4.CH4.4ClH/c1-12(14-6-4-3-5-7-14)16-9-8-13(11-16)10-15(17)18-2;1-12(14-5-3-2-4-6-14)16-8-7-13(10-16)9-15(17)11-16;1-12(14-5-3-2-4-6-14)16-10-8-13(11-16)7-9-15;1-11(13-5-3-2-4-6-13)15-8-7-12(9-14)10-15;1-9(10-5-3-2-4-6-10)14-8-11(13(16)17)7-12(14)15;1-11(13-5-3-2-4-6-13)14-8-7-12(9-14)10-15;1-7(9)8-5-3-2-4-6-8;8-7-3-6-1-2-9(4-6)5-7;9-7-3-6-1-2-8(4-6)5-7;1-3(5(8)9)2-4(6)7;;;;;/h3-7,12-13H,8-11H2,1-2H3;2-6,12-13H,7-11H2,1H3;2-6,12-13H,7-8,10-11H2,1H3;2-6,11-12H,7-10H2,1H3;2-6,9,11H,7-8H2,1H3,(H,16,17);2-6,11-12,15H,7-10H2,1H3;2-7H,9H2,1H3;6-7H,1-5,8H2;6H,1-5H2;1-2H2,(H,6,7)(H,8,9);1H4;4*1H/q;+1;;;;;;;;;;;;;/p-1/t12-,13+;12-,13+,16?;12-,13-;11-,12+;9-,11-;11-,12-;7-;6-,7?;6-;;;;;;/m000000011....../s1. The Labute approximate surface area is 859 Å². The fourth-order valence-electron chi connectivity index (χ4n) is 20.6. The molecule has 7 aromatic carbocycles. The van der Waals surface area contributed by atoms with Crippen LogP contribution in [0.2, 0.25) is 0 Å². The number of halogens is 5. The highest BCUT2D eigenvalue weighted by Gasteiger charge is 2.49.